The van der Waals surface area contributed by atoms with Crippen molar-refractivity contribution in [3.8, 4) is 11.5 Å². The zero-order valence-corrected chi connectivity index (χ0v) is 12.4. The minimum atomic E-state index is -1.26. The van der Waals surface area contributed by atoms with E-state index in [4.69, 9.17) is 9.47 Å². The van der Waals surface area contributed by atoms with Gasteiger partial charge in [0.25, 0.3) is 0 Å². The van der Waals surface area contributed by atoms with Crippen molar-refractivity contribution >= 4 is 11.5 Å². The summed E-state index contributed by atoms with van der Waals surface area (Å²) in [5.41, 5.74) is -0.349. The molecule has 1 aliphatic heterocycles. The molecule has 0 unspecified atom stereocenters. The van der Waals surface area contributed by atoms with Crippen molar-refractivity contribution in [1.82, 2.24) is 0 Å². The number of rotatable bonds is 3. The van der Waals surface area contributed by atoms with E-state index in [-0.39, 0.29) is 34.8 Å². The molecule has 0 saturated heterocycles. The fraction of sp³-hybridized carbons (Fsp3) is 0.118. The van der Waals surface area contributed by atoms with Gasteiger partial charge < -0.3 is 14.6 Å². The predicted octanol–water partition coefficient (Wildman–Crippen LogP) is 3.63. The Kier molecular flexibility index (Phi) is 3.92. The van der Waals surface area contributed by atoms with Crippen LogP contribution in [0.15, 0.2) is 30.3 Å². The number of carboxylic acids is 1. The van der Waals surface area contributed by atoms with Gasteiger partial charge in [-0.1, -0.05) is 0 Å². The van der Waals surface area contributed by atoms with Crippen molar-refractivity contribution < 1.29 is 32.5 Å². The minimum absolute atomic E-state index is 0.0220. The van der Waals surface area contributed by atoms with Gasteiger partial charge in [-0.2, -0.15) is 0 Å². The number of methoxy groups -OCH3 is 1. The summed E-state index contributed by atoms with van der Waals surface area (Å²) in [6.07, 6.45) is 1.40. The molecule has 3 rings (SSSR count). The van der Waals surface area contributed by atoms with Gasteiger partial charge in [0.2, 0.25) is 0 Å². The van der Waals surface area contributed by atoms with Gasteiger partial charge in [0.1, 0.15) is 41.1 Å². The first kappa shape index (κ1) is 15.9. The molecule has 0 radical (unpaired) electrons. The highest BCUT2D eigenvalue weighted by Gasteiger charge is 2.25. The molecular formula is C17H11F3O4. The Labute approximate surface area is 134 Å². The molecule has 1 N–H and O–H groups in total. The molecule has 1 heterocycles. The van der Waals surface area contributed by atoms with Gasteiger partial charge in [0.05, 0.1) is 12.7 Å². The van der Waals surface area contributed by atoms with E-state index >= 15 is 0 Å². The quantitative estimate of drug-likeness (QED) is 0.930. The first-order valence-electron chi connectivity index (χ1n) is 6.86. The van der Waals surface area contributed by atoms with Crippen LogP contribution in [0.25, 0.3) is 5.57 Å². The Morgan fingerprint density at radius 3 is 2.42 bits per heavy atom. The van der Waals surface area contributed by atoms with E-state index in [1.165, 1.54) is 25.3 Å². The third-order valence-corrected chi connectivity index (χ3v) is 3.62. The van der Waals surface area contributed by atoms with Crippen LogP contribution in [0.4, 0.5) is 13.2 Å². The maximum absolute atomic E-state index is 14.1. The first-order chi connectivity index (χ1) is 11.4. The van der Waals surface area contributed by atoms with Gasteiger partial charge in [-0.25, -0.2) is 18.0 Å². The van der Waals surface area contributed by atoms with Gasteiger partial charge >= 0.3 is 5.97 Å². The summed E-state index contributed by atoms with van der Waals surface area (Å²) in [4.78, 5) is 11.4. The van der Waals surface area contributed by atoms with Gasteiger partial charge in [-0.05, 0) is 17.7 Å². The van der Waals surface area contributed by atoms with Crippen LogP contribution in [0.5, 0.6) is 11.5 Å². The molecular weight excluding hydrogens is 325 g/mol. The lowest BCUT2D eigenvalue weighted by atomic mass is 9.93. The number of ether oxygens (including phenoxy) is 2. The van der Waals surface area contributed by atoms with Crippen LogP contribution in [-0.2, 0) is 0 Å². The summed E-state index contributed by atoms with van der Waals surface area (Å²) in [5.74, 6) is -4.19. The summed E-state index contributed by atoms with van der Waals surface area (Å²) < 4.78 is 51.7. The molecule has 0 amide bonds. The number of carboxylic acid groups (broad SMARTS) is 1. The Hall–Kier alpha value is -2.96. The highest BCUT2D eigenvalue weighted by molar-refractivity contribution is 5.95. The Bertz CT molecular complexity index is 851. The normalized spacial score (nSPS) is 12.9. The van der Waals surface area contributed by atoms with Crippen molar-refractivity contribution in [3.63, 3.8) is 0 Å². The van der Waals surface area contributed by atoms with E-state index in [0.717, 1.165) is 0 Å². The van der Waals surface area contributed by atoms with Crippen LogP contribution in [0.2, 0.25) is 0 Å². The van der Waals surface area contributed by atoms with Gasteiger partial charge in [-0.15, -0.1) is 0 Å². The lowest BCUT2D eigenvalue weighted by Crippen LogP contribution is -2.11. The van der Waals surface area contributed by atoms with Gasteiger partial charge in [-0.3, -0.25) is 0 Å². The maximum atomic E-state index is 14.1. The van der Waals surface area contributed by atoms with E-state index in [1.54, 1.807) is 0 Å². The number of benzene rings is 2. The highest BCUT2D eigenvalue weighted by Crippen LogP contribution is 2.40. The second kappa shape index (κ2) is 5.92. The number of hydrogen-bond acceptors (Lipinski definition) is 3. The SMILES string of the molecule is COc1cc2c(cc1C(=O)O)C(c1c(F)cc(F)cc1F)=CCO2. The van der Waals surface area contributed by atoms with E-state index in [1.807, 2.05) is 0 Å². The topological polar surface area (TPSA) is 55.8 Å². The molecule has 2 aromatic rings. The molecule has 0 saturated carbocycles. The molecule has 0 aromatic heterocycles. The first-order valence-corrected chi connectivity index (χ1v) is 6.86. The summed E-state index contributed by atoms with van der Waals surface area (Å²) in [6, 6.07) is 3.68. The molecule has 0 aliphatic carbocycles. The third kappa shape index (κ3) is 2.58. The minimum Gasteiger partial charge on any atom is -0.496 e. The maximum Gasteiger partial charge on any atom is 0.339 e. The zero-order chi connectivity index (χ0) is 17.4. The lowest BCUT2D eigenvalue weighted by molar-refractivity contribution is 0.0693. The van der Waals surface area contributed by atoms with Crippen LogP contribution < -0.4 is 9.47 Å². The zero-order valence-electron chi connectivity index (χ0n) is 12.4. The molecule has 0 spiro atoms. The Morgan fingerprint density at radius 2 is 1.83 bits per heavy atom. The van der Waals surface area contributed by atoms with Gasteiger partial charge in [0.15, 0.2) is 0 Å². The standard InChI is InChI=1S/C17H11F3O4/c1-23-14-7-15-10(6-11(14)17(21)22)9(2-3-24-15)16-12(19)4-8(18)5-13(16)20/h2,4-7H,3H2,1H3,(H,21,22). The van der Waals surface area contributed by atoms with Crippen LogP contribution in [0, 0.1) is 17.5 Å². The van der Waals surface area contributed by atoms with E-state index in [9.17, 15) is 23.1 Å². The summed E-state index contributed by atoms with van der Waals surface area (Å²) in [7, 11) is 1.30. The van der Waals surface area contributed by atoms with Crippen molar-refractivity contribution in [1.29, 1.82) is 0 Å². The van der Waals surface area contributed by atoms with Gasteiger partial charge in [0, 0.05) is 23.8 Å². The van der Waals surface area contributed by atoms with Crippen molar-refractivity contribution in [2.75, 3.05) is 13.7 Å². The predicted molar refractivity (Wildman–Crippen MR) is 78.8 cm³/mol. The van der Waals surface area contributed by atoms with Crippen LogP contribution in [0.1, 0.15) is 21.5 Å². The molecule has 0 fully saturated rings. The van der Waals surface area contributed by atoms with E-state index in [2.05, 4.69) is 0 Å². The summed E-state index contributed by atoms with van der Waals surface area (Å²) in [5, 5.41) is 9.26. The second-order valence-corrected chi connectivity index (χ2v) is 5.03. The van der Waals surface area contributed by atoms with Crippen molar-refractivity contribution in [2.45, 2.75) is 0 Å². The molecule has 7 heteroatoms. The second-order valence-electron chi connectivity index (χ2n) is 5.03. The molecule has 0 bridgehead atoms. The van der Waals surface area contributed by atoms with Crippen LogP contribution >= 0.6 is 0 Å². The molecule has 124 valence electrons. The monoisotopic (exact) mass is 336 g/mol. The number of carbonyl (C=O) groups is 1. The molecule has 0 atom stereocenters. The average molecular weight is 336 g/mol. The third-order valence-electron chi connectivity index (χ3n) is 3.62. The number of fused-ring (bicyclic) bond motifs is 1. The Morgan fingerprint density at radius 1 is 1.17 bits per heavy atom. The number of halogens is 3. The molecule has 1 aliphatic rings. The summed E-state index contributed by atoms with van der Waals surface area (Å²) in [6.45, 7) is 0.0220. The average Bonchev–Trinajstić information content (AvgIpc) is 2.52. The van der Waals surface area contributed by atoms with Crippen molar-refractivity contribution in [3.05, 3.63) is 64.5 Å². The highest BCUT2D eigenvalue weighted by atomic mass is 19.1. The van der Waals surface area contributed by atoms with E-state index in [0.29, 0.717) is 12.1 Å². The molecule has 4 nitrogen and oxygen atoms in total. The van der Waals surface area contributed by atoms with Crippen LogP contribution in [0.3, 0.4) is 0 Å². The lowest BCUT2D eigenvalue weighted by Gasteiger charge is -2.21. The van der Waals surface area contributed by atoms with E-state index < -0.39 is 29.0 Å². The Balaban J connectivity index is 2.24. The van der Waals surface area contributed by atoms with Crippen LogP contribution in [-0.4, -0.2) is 24.8 Å². The number of hydrogen-bond donors (Lipinski definition) is 1. The molecule has 2 aromatic carbocycles. The smallest absolute Gasteiger partial charge is 0.339 e. The number of aromatic carboxylic acids is 1. The van der Waals surface area contributed by atoms with Crippen molar-refractivity contribution in [2.24, 2.45) is 0 Å². The largest absolute Gasteiger partial charge is 0.496 e. The summed E-state index contributed by atoms with van der Waals surface area (Å²) >= 11 is 0. The fourth-order valence-corrected chi connectivity index (χ4v) is 2.59. The fourth-order valence-electron chi connectivity index (χ4n) is 2.59. The molecule has 24 heavy (non-hydrogen) atoms.